The molecule has 0 atom stereocenters. The molecule has 9 heteroatoms. The highest BCUT2D eigenvalue weighted by molar-refractivity contribution is 7.89. The maximum atomic E-state index is 13.5. The molecule has 0 N–H and O–H groups in total. The molecular weight excluding hydrogens is 437 g/mol. The SMILES string of the molecule is Cc1cc(C(=O)N2CCN(S(=O)(=O)c3cccc(F)c3)CC2)c(C)n1Cc1cccs1. The van der Waals surface area contributed by atoms with E-state index in [9.17, 15) is 17.6 Å². The van der Waals surface area contributed by atoms with Gasteiger partial charge in [-0.3, -0.25) is 4.79 Å². The maximum Gasteiger partial charge on any atom is 0.255 e. The van der Waals surface area contributed by atoms with Crippen LogP contribution in [0.1, 0.15) is 26.6 Å². The fraction of sp³-hybridized carbons (Fsp3) is 0.318. The lowest BCUT2D eigenvalue weighted by molar-refractivity contribution is 0.0697. The van der Waals surface area contributed by atoms with Crippen LogP contribution in [0, 0.1) is 19.7 Å². The molecule has 0 aliphatic carbocycles. The topological polar surface area (TPSA) is 62.6 Å². The molecule has 1 fully saturated rings. The number of hydrogen-bond donors (Lipinski definition) is 0. The van der Waals surface area contributed by atoms with Crippen molar-refractivity contribution in [3.05, 3.63) is 75.5 Å². The van der Waals surface area contributed by atoms with E-state index in [1.165, 1.54) is 27.4 Å². The number of nitrogens with zero attached hydrogens (tertiary/aromatic N) is 3. The van der Waals surface area contributed by atoms with Gasteiger partial charge in [0.1, 0.15) is 5.82 Å². The fourth-order valence-corrected chi connectivity index (χ4v) is 6.04. The molecule has 1 amide bonds. The zero-order valence-corrected chi connectivity index (χ0v) is 19.0. The molecule has 0 saturated carbocycles. The van der Waals surface area contributed by atoms with Crippen LogP contribution in [-0.2, 0) is 16.6 Å². The average Bonchev–Trinajstić information content (AvgIpc) is 3.37. The van der Waals surface area contributed by atoms with Crippen molar-refractivity contribution in [2.24, 2.45) is 0 Å². The van der Waals surface area contributed by atoms with Crippen LogP contribution in [0.25, 0.3) is 0 Å². The second-order valence-corrected chi connectivity index (χ2v) is 10.6. The first-order valence-electron chi connectivity index (χ1n) is 10.0. The number of carbonyl (C=O) groups excluding carboxylic acids is 1. The van der Waals surface area contributed by atoms with Gasteiger partial charge in [-0.25, -0.2) is 12.8 Å². The summed E-state index contributed by atoms with van der Waals surface area (Å²) in [6.07, 6.45) is 0. The summed E-state index contributed by atoms with van der Waals surface area (Å²) < 4.78 is 42.5. The molecule has 3 aromatic rings. The lowest BCUT2D eigenvalue weighted by Crippen LogP contribution is -2.50. The largest absolute Gasteiger partial charge is 0.343 e. The third-order valence-corrected chi connectivity index (χ3v) is 8.41. The predicted octanol–water partition coefficient (Wildman–Crippen LogP) is 3.50. The Morgan fingerprint density at radius 3 is 2.45 bits per heavy atom. The standard InChI is InChI=1S/C22H24FN3O3S2/c1-16-13-21(17(2)26(16)15-19-6-4-12-30-19)22(27)24-8-10-25(11-9-24)31(28,29)20-7-3-5-18(23)14-20/h3-7,12-14H,8-11,15H2,1-2H3. The third-order valence-electron chi connectivity index (χ3n) is 5.66. The van der Waals surface area contributed by atoms with Crippen LogP contribution < -0.4 is 0 Å². The highest BCUT2D eigenvalue weighted by Crippen LogP contribution is 2.23. The van der Waals surface area contributed by atoms with Crippen LogP contribution in [0.5, 0.6) is 0 Å². The summed E-state index contributed by atoms with van der Waals surface area (Å²) in [5, 5.41) is 2.03. The normalized spacial score (nSPS) is 15.4. The number of thiophene rings is 1. The Morgan fingerprint density at radius 2 is 1.81 bits per heavy atom. The van der Waals surface area contributed by atoms with E-state index in [4.69, 9.17) is 0 Å². The second-order valence-electron chi connectivity index (χ2n) is 7.60. The molecule has 0 spiro atoms. The van der Waals surface area contributed by atoms with Gasteiger partial charge in [0.15, 0.2) is 0 Å². The maximum absolute atomic E-state index is 13.5. The third kappa shape index (κ3) is 4.30. The number of aryl methyl sites for hydroxylation is 1. The fourth-order valence-electron chi connectivity index (χ4n) is 3.90. The minimum Gasteiger partial charge on any atom is -0.343 e. The Kier molecular flexibility index (Phi) is 6.00. The van der Waals surface area contributed by atoms with E-state index in [1.807, 2.05) is 31.4 Å². The van der Waals surface area contributed by atoms with Crippen molar-refractivity contribution in [3.8, 4) is 0 Å². The average molecular weight is 462 g/mol. The molecule has 2 aromatic heterocycles. The van der Waals surface area contributed by atoms with Gasteiger partial charge in [-0.05, 0) is 49.6 Å². The first kappa shape index (κ1) is 21.7. The van der Waals surface area contributed by atoms with Gasteiger partial charge < -0.3 is 9.47 Å². The molecule has 0 unspecified atom stereocenters. The van der Waals surface area contributed by atoms with Gasteiger partial charge in [0, 0.05) is 42.4 Å². The number of rotatable bonds is 5. The second kappa shape index (κ2) is 8.57. The molecule has 0 bridgehead atoms. The van der Waals surface area contributed by atoms with Gasteiger partial charge in [-0.15, -0.1) is 11.3 Å². The monoisotopic (exact) mass is 461 g/mol. The van der Waals surface area contributed by atoms with Gasteiger partial charge in [0.25, 0.3) is 5.91 Å². The van der Waals surface area contributed by atoms with Crippen LogP contribution in [0.15, 0.2) is 52.7 Å². The van der Waals surface area contributed by atoms with Crippen LogP contribution in [0.4, 0.5) is 4.39 Å². The molecule has 6 nitrogen and oxygen atoms in total. The summed E-state index contributed by atoms with van der Waals surface area (Å²) in [6.45, 7) is 5.60. The summed E-state index contributed by atoms with van der Waals surface area (Å²) in [5.41, 5.74) is 2.57. The van der Waals surface area contributed by atoms with E-state index in [2.05, 4.69) is 10.6 Å². The molecule has 164 valence electrons. The smallest absolute Gasteiger partial charge is 0.255 e. The van der Waals surface area contributed by atoms with Crippen molar-refractivity contribution in [1.29, 1.82) is 0 Å². The van der Waals surface area contributed by atoms with Crippen LogP contribution >= 0.6 is 11.3 Å². The predicted molar refractivity (Wildman–Crippen MR) is 118 cm³/mol. The number of aromatic nitrogens is 1. The zero-order chi connectivity index (χ0) is 22.2. The van der Waals surface area contributed by atoms with E-state index in [0.717, 1.165) is 24.0 Å². The molecular formula is C22H24FN3O3S2. The van der Waals surface area contributed by atoms with Crippen molar-refractivity contribution < 1.29 is 17.6 Å². The van der Waals surface area contributed by atoms with Crippen molar-refractivity contribution in [3.63, 3.8) is 0 Å². The van der Waals surface area contributed by atoms with E-state index in [1.54, 1.807) is 16.2 Å². The first-order chi connectivity index (χ1) is 14.8. The van der Waals surface area contributed by atoms with Gasteiger partial charge in [-0.2, -0.15) is 4.31 Å². The summed E-state index contributed by atoms with van der Waals surface area (Å²) in [7, 11) is -3.79. The van der Waals surface area contributed by atoms with Crippen LogP contribution in [0.2, 0.25) is 0 Å². The van der Waals surface area contributed by atoms with Gasteiger partial charge in [0.2, 0.25) is 10.0 Å². The Bertz CT molecular complexity index is 1190. The number of piperazine rings is 1. The van der Waals surface area contributed by atoms with Gasteiger partial charge in [0.05, 0.1) is 17.0 Å². The minimum absolute atomic E-state index is 0.0654. The molecule has 1 saturated heterocycles. The van der Waals surface area contributed by atoms with Crippen molar-refractivity contribution in [2.75, 3.05) is 26.2 Å². The van der Waals surface area contributed by atoms with Crippen molar-refractivity contribution in [2.45, 2.75) is 25.3 Å². The zero-order valence-electron chi connectivity index (χ0n) is 17.4. The Hall–Kier alpha value is -2.49. The number of hydrogen-bond acceptors (Lipinski definition) is 4. The van der Waals surface area contributed by atoms with E-state index < -0.39 is 15.8 Å². The molecule has 1 aliphatic heterocycles. The summed E-state index contributed by atoms with van der Waals surface area (Å²) >= 11 is 1.68. The summed E-state index contributed by atoms with van der Waals surface area (Å²) in [5.74, 6) is -0.680. The lowest BCUT2D eigenvalue weighted by atomic mass is 10.2. The number of sulfonamides is 1. The first-order valence-corrected chi connectivity index (χ1v) is 12.3. The molecule has 4 rings (SSSR count). The Morgan fingerprint density at radius 1 is 1.06 bits per heavy atom. The van der Waals surface area contributed by atoms with Crippen LogP contribution in [0.3, 0.4) is 0 Å². The molecule has 31 heavy (non-hydrogen) atoms. The Labute approximate surface area is 185 Å². The summed E-state index contributed by atoms with van der Waals surface area (Å²) in [4.78, 5) is 16.0. The minimum atomic E-state index is -3.79. The highest BCUT2D eigenvalue weighted by atomic mass is 32.2. The van der Waals surface area contributed by atoms with E-state index >= 15 is 0 Å². The summed E-state index contributed by atoms with van der Waals surface area (Å²) in [6, 6.07) is 11.0. The quantitative estimate of drug-likeness (QED) is 0.584. The Balaban J connectivity index is 1.46. The van der Waals surface area contributed by atoms with Crippen LogP contribution in [-0.4, -0.2) is 54.3 Å². The molecule has 3 heterocycles. The van der Waals surface area contributed by atoms with Crippen molar-refractivity contribution >= 4 is 27.3 Å². The highest BCUT2D eigenvalue weighted by Gasteiger charge is 2.31. The van der Waals surface area contributed by atoms with Gasteiger partial charge in [-0.1, -0.05) is 12.1 Å². The number of benzene rings is 1. The number of carbonyl (C=O) groups is 1. The molecule has 1 aromatic carbocycles. The van der Waals surface area contributed by atoms with Crippen molar-refractivity contribution in [1.82, 2.24) is 13.8 Å². The number of amides is 1. The van der Waals surface area contributed by atoms with Gasteiger partial charge >= 0.3 is 0 Å². The number of halogens is 1. The molecule has 0 radical (unpaired) electrons. The van der Waals surface area contributed by atoms with E-state index in [0.29, 0.717) is 18.7 Å². The lowest BCUT2D eigenvalue weighted by Gasteiger charge is -2.34. The molecule has 1 aliphatic rings. The van der Waals surface area contributed by atoms with E-state index in [-0.39, 0.29) is 23.9 Å².